The fraction of sp³-hybridized carbons (Fsp3) is 0.867. The highest BCUT2D eigenvalue weighted by Crippen LogP contribution is 2.31. The summed E-state index contributed by atoms with van der Waals surface area (Å²) in [6.45, 7) is 1.97. The normalized spacial score (nSPS) is 29.3. The van der Waals surface area contributed by atoms with Gasteiger partial charge in [0, 0.05) is 12.0 Å². The number of carbonyl (C=O) groups excluding carboxylic acids is 1. The van der Waals surface area contributed by atoms with Gasteiger partial charge >= 0.3 is 5.97 Å². The van der Waals surface area contributed by atoms with Crippen LogP contribution in [0.3, 0.4) is 0 Å². The zero-order valence-electron chi connectivity index (χ0n) is 11.7. The fourth-order valence-corrected chi connectivity index (χ4v) is 3.61. The van der Waals surface area contributed by atoms with Gasteiger partial charge in [-0.2, -0.15) is 0 Å². The van der Waals surface area contributed by atoms with Gasteiger partial charge in [0.1, 0.15) is 0 Å². The van der Waals surface area contributed by atoms with E-state index in [1.54, 1.807) is 0 Å². The van der Waals surface area contributed by atoms with Crippen LogP contribution in [0.15, 0.2) is 0 Å². The Morgan fingerprint density at radius 1 is 1.16 bits per heavy atom. The molecule has 0 aromatic carbocycles. The summed E-state index contributed by atoms with van der Waals surface area (Å²) in [5.41, 5.74) is 0. The van der Waals surface area contributed by atoms with Crippen molar-refractivity contribution in [2.45, 2.75) is 64.3 Å². The number of nitrogens with one attached hydrogen (secondary N) is 1. The second kappa shape index (κ2) is 6.40. The molecule has 1 amide bonds. The van der Waals surface area contributed by atoms with Crippen LogP contribution < -0.4 is 5.32 Å². The molecule has 2 aliphatic carbocycles. The molecule has 1 unspecified atom stereocenters. The van der Waals surface area contributed by atoms with Gasteiger partial charge in [-0.3, -0.25) is 9.59 Å². The summed E-state index contributed by atoms with van der Waals surface area (Å²) in [5.74, 6) is -0.406. The molecular weight excluding hydrogens is 242 g/mol. The summed E-state index contributed by atoms with van der Waals surface area (Å²) in [6, 6.07) is -0.156. The third-order valence-corrected chi connectivity index (χ3v) is 4.77. The van der Waals surface area contributed by atoms with Crippen LogP contribution in [0.1, 0.15) is 58.3 Å². The van der Waals surface area contributed by atoms with Gasteiger partial charge in [-0.15, -0.1) is 0 Å². The predicted molar refractivity (Wildman–Crippen MR) is 72.6 cm³/mol. The van der Waals surface area contributed by atoms with Gasteiger partial charge in [-0.05, 0) is 25.2 Å². The van der Waals surface area contributed by atoms with Crippen LogP contribution in [0.4, 0.5) is 0 Å². The van der Waals surface area contributed by atoms with E-state index in [1.807, 2.05) is 6.92 Å². The summed E-state index contributed by atoms with van der Waals surface area (Å²) < 4.78 is 0. The first kappa shape index (κ1) is 14.4. The highest BCUT2D eigenvalue weighted by molar-refractivity contribution is 5.80. The highest BCUT2D eigenvalue weighted by Gasteiger charge is 2.34. The lowest BCUT2D eigenvalue weighted by molar-refractivity contribution is -0.142. The van der Waals surface area contributed by atoms with Crippen molar-refractivity contribution < 1.29 is 14.7 Å². The first-order valence-electron chi connectivity index (χ1n) is 7.61. The van der Waals surface area contributed by atoms with Gasteiger partial charge in [0.2, 0.25) is 5.91 Å². The standard InChI is InChI=1S/C15H25NO3/c1-10(9-11-5-2-3-6-11)14(17)16-13-8-4-7-12(13)15(18)19/h10-13H,2-9H2,1H3,(H,16,17)(H,18,19)/t10?,12-,13+/m0/s1. The molecule has 4 heteroatoms. The predicted octanol–water partition coefficient (Wildman–Crippen LogP) is 2.57. The van der Waals surface area contributed by atoms with Crippen molar-refractivity contribution in [3.8, 4) is 0 Å². The van der Waals surface area contributed by atoms with Crippen LogP contribution in [-0.2, 0) is 9.59 Å². The topological polar surface area (TPSA) is 66.4 Å². The molecule has 2 saturated carbocycles. The average molecular weight is 267 g/mol. The maximum atomic E-state index is 12.2. The molecule has 19 heavy (non-hydrogen) atoms. The molecule has 0 saturated heterocycles. The number of hydrogen-bond donors (Lipinski definition) is 2. The van der Waals surface area contributed by atoms with E-state index >= 15 is 0 Å². The van der Waals surface area contributed by atoms with Crippen molar-refractivity contribution in [3.63, 3.8) is 0 Å². The number of amides is 1. The van der Waals surface area contributed by atoms with E-state index in [-0.39, 0.29) is 23.8 Å². The molecule has 0 heterocycles. The first-order chi connectivity index (χ1) is 9.08. The Balaban J connectivity index is 1.80. The van der Waals surface area contributed by atoms with E-state index in [0.29, 0.717) is 12.3 Å². The molecule has 0 aliphatic heterocycles. The molecule has 2 N–H and O–H groups in total. The van der Waals surface area contributed by atoms with Crippen molar-refractivity contribution in [1.82, 2.24) is 5.32 Å². The van der Waals surface area contributed by atoms with Gasteiger partial charge in [-0.25, -0.2) is 0 Å². The lowest BCUT2D eigenvalue weighted by atomic mass is 9.93. The number of aliphatic carboxylic acids is 1. The molecule has 2 rings (SSSR count). The average Bonchev–Trinajstić information content (AvgIpc) is 2.99. The van der Waals surface area contributed by atoms with Crippen molar-refractivity contribution in [2.75, 3.05) is 0 Å². The molecule has 2 fully saturated rings. The molecule has 2 aliphatic rings. The third-order valence-electron chi connectivity index (χ3n) is 4.77. The van der Waals surface area contributed by atoms with E-state index in [2.05, 4.69) is 5.32 Å². The minimum Gasteiger partial charge on any atom is -0.481 e. The van der Waals surface area contributed by atoms with Crippen molar-refractivity contribution in [1.29, 1.82) is 0 Å². The molecule has 108 valence electrons. The number of carbonyl (C=O) groups is 2. The maximum Gasteiger partial charge on any atom is 0.308 e. The number of carboxylic acids is 1. The molecule has 3 atom stereocenters. The van der Waals surface area contributed by atoms with E-state index in [9.17, 15) is 9.59 Å². The first-order valence-corrected chi connectivity index (χ1v) is 7.61. The third kappa shape index (κ3) is 3.71. The molecule has 0 aromatic rings. The van der Waals surface area contributed by atoms with Gasteiger partial charge in [0.25, 0.3) is 0 Å². The quantitative estimate of drug-likeness (QED) is 0.804. The Morgan fingerprint density at radius 3 is 2.47 bits per heavy atom. The number of rotatable bonds is 5. The van der Waals surface area contributed by atoms with Gasteiger partial charge in [-0.1, -0.05) is 39.0 Å². The fourth-order valence-electron chi connectivity index (χ4n) is 3.61. The lowest BCUT2D eigenvalue weighted by Crippen LogP contribution is -2.42. The number of carboxylic acid groups (broad SMARTS) is 1. The monoisotopic (exact) mass is 267 g/mol. The molecular formula is C15H25NO3. The summed E-state index contributed by atoms with van der Waals surface area (Å²) in [6.07, 6.45) is 8.44. The largest absolute Gasteiger partial charge is 0.481 e. The van der Waals surface area contributed by atoms with Crippen LogP contribution >= 0.6 is 0 Å². The van der Waals surface area contributed by atoms with Crippen molar-refractivity contribution >= 4 is 11.9 Å². The van der Waals surface area contributed by atoms with E-state index in [0.717, 1.165) is 19.3 Å². The summed E-state index contributed by atoms with van der Waals surface area (Å²) >= 11 is 0. The minimum atomic E-state index is -0.772. The Hall–Kier alpha value is -1.06. The smallest absolute Gasteiger partial charge is 0.308 e. The highest BCUT2D eigenvalue weighted by atomic mass is 16.4. The Labute approximate surface area is 115 Å². The summed E-state index contributed by atoms with van der Waals surface area (Å²) in [7, 11) is 0. The number of hydrogen-bond acceptors (Lipinski definition) is 2. The van der Waals surface area contributed by atoms with E-state index < -0.39 is 5.97 Å². The van der Waals surface area contributed by atoms with Crippen LogP contribution in [0, 0.1) is 17.8 Å². The molecule has 0 aromatic heterocycles. The maximum absolute atomic E-state index is 12.2. The van der Waals surface area contributed by atoms with Gasteiger partial charge in [0.15, 0.2) is 0 Å². The van der Waals surface area contributed by atoms with E-state index in [1.165, 1.54) is 25.7 Å². The van der Waals surface area contributed by atoms with E-state index in [4.69, 9.17) is 5.11 Å². The SMILES string of the molecule is CC(CC1CCCC1)C(=O)N[C@@H]1CCC[C@@H]1C(=O)O. The van der Waals surface area contributed by atoms with Crippen LogP contribution in [-0.4, -0.2) is 23.0 Å². The van der Waals surface area contributed by atoms with Crippen molar-refractivity contribution in [2.24, 2.45) is 17.8 Å². The van der Waals surface area contributed by atoms with Crippen LogP contribution in [0.5, 0.6) is 0 Å². The lowest BCUT2D eigenvalue weighted by Gasteiger charge is -2.21. The van der Waals surface area contributed by atoms with Crippen LogP contribution in [0.2, 0.25) is 0 Å². The Bertz CT molecular complexity index is 336. The molecule has 4 nitrogen and oxygen atoms in total. The molecule has 0 bridgehead atoms. The minimum absolute atomic E-state index is 0.0122. The van der Waals surface area contributed by atoms with Crippen molar-refractivity contribution in [3.05, 3.63) is 0 Å². The second-order valence-corrected chi connectivity index (χ2v) is 6.28. The van der Waals surface area contributed by atoms with Crippen LogP contribution in [0.25, 0.3) is 0 Å². The molecule has 0 spiro atoms. The van der Waals surface area contributed by atoms with Gasteiger partial charge in [0.05, 0.1) is 5.92 Å². The zero-order valence-corrected chi connectivity index (χ0v) is 11.7. The Kier molecular flexibility index (Phi) is 4.83. The van der Waals surface area contributed by atoms with Gasteiger partial charge < -0.3 is 10.4 Å². The second-order valence-electron chi connectivity index (χ2n) is 6.28. The Morgan fingerprint density at radius 2 is 1.84 bits per heavy atom. The summed E-state index contributed by atoms with van der Waals surface area (Å²) in [5, 5.41) is 12.1. The summed E-state index contributed by atoms with van der Waals surface area (Å²) in [4.78, 5) is 23.2. The zero-order chi connectivity index (χ0) is 13.8. The molecule has 0 radical (unpaired) electrons.